The minimum Gasteiger partial charge on any atom is -0.497 e. The minimum atomic E-state index is -0.299. The summed E-state index contributed by atoms with van der Waals surface area (Å²) in [7, 11) is 1.60. The fourth-order valence-corrected chi connectivity index (χ4v) is 3.12. The highest BCUT2D eigenvalue weighted by Crippen LogP contribution is 2.22. The number of nitrogens with zero attached hydrogens (tertiary/aromatic N) is 1. The van der Waals surface area contributed by atoms with Gasteiger partial charge in [-0.15, -0.1) is 0 Å². The number of fused-ring (bicyclic) bond motifs is 1. The van der Waals surface area contributed by atoms with Crippen LogP contribution in [0.3, 0.4) is 0 Å². The molecule has 0 aromatic heterocycles. The van der Waals surface area contributed by atoms with Crippen molar-refractivity contribution in [2.45, 2.75) is 25.8 Å². The molecule has 152 valence electrons. The van der Waals surface area contributed by atoms with E-state index in [1.165, 1.54) is 4.90 Å². The predicted molar refractivity (Wildman–Crippen MR) is 107 cm³/mol. The molecule has 1 N–H and O–H groups in total. The van der Waals surface area contributed by atoms with Crippen LogP contribution < -0.4 is 14.8 Å². The highest BCUT2D eigenvalue weighted by Gasteiger charge is 2.34. The molecule has 1 heterocycles. The van der Waals surface area contributed by atoms with Crippen LogP contribution in [0.25, 0.3) is 0 Å². The van der Waals surface area contributed by atoms with Crippen LogP contribution in [0.5, 0.6) is 11.5 Å². The number of methoxy groups -OCH3 is 1. The summed E-state index contributed by atoms with van der Waals surface area (Å²) in [5.74, 6) is 0.696. The van der Waals surface area contributed by atoms with Crippen LogP contribution in [0.2, 0.25) is 0 Å². The Bertz CT molecular complexity index is 859. The summed E-state index contributed by atoms with van der Waals surface area (Å²) in [6.45, 7) is 2.40. The number of imide groups is 1. The van der Waals surface area contributed by atoms with Crippen LogP contribution in [0.15, 0.2) is 48.5 Å². The zero-order valence-electron chi connectivity index (χ0n) is 16.5. The number of hydrogen-bond acceptors (Lipinski definition) is 5. The quantitative estimate of drug-likeness (QED) is 0.659. The van der Waals surface area contributed by atoms with Gasteiger partial charge in [-0.3, -0.25) is 19.3 Å². The Balaban J connectivity index is 1.38. The maximum Gasteiger partial charge on any atom is 0.261 e. The van der Waals surface area contributed by atoms with E-state index in [2.05, 4.69) is 5.32 Å². The van der Waals surface area contributed by atoms with Gasteiger partial charge < -0.3 is 14.8 Å². The highest BCUT2D eigenvalue weighted by molar-refractivity contribution is 6.21. The van der Waals surface area contributed by atoms with Gasteiger partial charge in [0.15, 0.2) is 0 Å². The molecule has 1 atom stereocenters. The van der Waals surface area contributed by atoms with Gasteiger partial charge in [0.1, 0.15) is 18.1 Å². The molecule has 3 rings (SSSR count). The van der Waals surface area contributed by atoms with Gasteiger partial charge >= 0.3 is 0 Å². The molecule has 0 bridgehead atoms. The Morgan fingerprint density at radius 2 is 1.59 bits per heavy atom. The molecule has 0 saturated carbocycles. The maximum absolute atomic E-state index is 12.3. The summed E-state index contributed by atoms with van der Waals surface area (Å²) >= 11 is 0. The van der Waals surface area contributed by atoms with E-state index in [0.29, 0.717) is 29.9 Å². The first-order valence-corrected chi connectivity index (χ1v) is 9.51. The molecule has 0 unspecified atom stereocenters. The summed E-state index contributed by atoms with van der Waals surface area (Å²) in [5.41, 5.74) is 0.845. The number of nitrogens with one attached hydrogen (secondary N) is 1. The fraction of sp³-hybridized carbons (Fsp3) is 0.318. The Morgan fingerprint density at radius 1 is 1.00 bits per heavy atom. The maximum atomic E-state index is 12.3. The van der Waals surface area contributed by atoms with Crippen molar-refractivity contribution in [3.05, 3.63) is 59.7 Å². The Hall–Kier alpha value is -3.35. The van der Waals surface area contributed by atoms with Crippen LogP contribution in [-0.4, -0.2) is 48.9 Å². The molecule has 0 spiro atoms. The molecule has 0 aliphatic carbocycles. The average Bonchev–Trinajstić information content (AvgIpc) is 2.97. The zero-order valence-corrected chi connectivity index (χ0v) is 16.5. The Labute approximate surface area is 169 Å². The highest BCUT2D eigenvalue weighted by atomic mass is 16.5. The monoisotopic (exact) mass is 396 g/mol. The summed E-state index contributed by atoms with van der Waals surface area (Å²) in [6, 6.07) is 13.8. The van der Waals surface area contributed by atoms with Crippen molar-refractivity contribution in [3.63, 3.8) is 0 Å². The van der Waals surface area contributed by atoms with Gasteiger partial charge in [0.05, 0.1) is 24.3 Å². The number of rotatable bonds is 9. The third kappa shape index (κ3) is 4.93. The Morgan fingerprint density at radius 3 is 2.17 bits per heavy atom. The van der Waals surface area contributed by atoms with Gasteiger partial charge in [-0.1, -0.05) is 12.1 Å². The second kappa shape index (κ2) is 9.23. The van der Waals surface area contributed by atoms with Crippen molar-refractivity contribution in [1.82, 2.24) is 10.2 Å². The van der Waals surface area contributed by atoms with E-state index >= 15 is 0 Å². The van der Waals surface area contributed by atoms with Crippen molar-refractivity contribution in [3.8, 4) is 11.5 Å². The zero-order chi connectivity index (χ0) is 20.8. The molecule has 7 nitrogen and oxygen atoms in total. The first kappa shape index (κ1) is 20.4. The van der Waals surface area contributed by atoms with E-state index < -0.39 is 0 Å². The van der Waals surface area contributed by atoms with Crippen LogP contribution in [0.4, 0.5) is 0 Å². The molecule has 2 aromatic rings. The van der Waals surface area contributed by atoms with Crippen molar-refractivity contribution in [2.24, 2.45) is 0 Å². The summed E-state index contributed by atoms with van der Waals surface area (Å²) < 4.78 is 10.7. The summed E-state index contributed by atoms with van der Waals surface area (Å²) in [4.78, 5) is 37.9. The third-order valence-corrected chi connectivity index (χ3v) is 4.63. The van der Waals surface area contributed by atoms with Crippen LogP contribution in [0, 0.1) is 0 Å². The van der Waals surface area contributed by atoms with Crippen LogP contribution >= 0.6 is 0 Å². The van der Waals surface area contributed by atoms with Crippen molar-refractivity contribution in [2.75, 3.05) is 20.3 Å². The normalized spacial score (nSPS) is 13.8. The van der Waals surface area contributed by atoms with E-state index in [4.69, 9.17) is 9.47 Å². The van der Waals surface area contributed by atoms with Gasteiger partial charge in [-0.25, -0.2) is 0 Å². The molecule has 0 radical (unpaired) electrons. The van der Waals surface area contributed by atoms with E-state index in [0.717, 1.165) is 5.75 Å². The number of benzene rings is 2. The molecule has 7 heteroatoms. The molecule has 2 aromatic carbocycles. The van der Waals surface area contributed by atoms with Crippen LogP contribution in [0.1, 0.15) is 40.5 Å². The largest absolute Gasteiger partial charge is 0.497 e. The molecule has 0 saturated heterocycles. The number of carbonyl (C=O) groups is 3. The smallest absolute Gasteiger partial charge is 0.261 e. The molecular weight excluding hydrogens is 372 g/mol. The van der Waals surface area contributed by atoms with E-state index in [9.17, 15) is 14.4 Å². The second-order valence-electron chi connectivity index (χ2n) is 6.87. The first-order chi connectivity index (χ1) is 14.0. The van der Waals surface area contributed by atoms with Gasteiger partial charge in [0.2, 0.25) is 5.91 Å². The minimum absolute atomic E-state index is 0.146. The summed E-state index contributed by atoms with van der Waals surface area (Å²) in [6.07, 6.45) is 0.629. The third-order valence-electron chi connectivity index (χ3n) is 4.63. The molecular formula is C22H24N2O5. The van der Waals surface area contributed by atoms with Gasteiger partial charge in [0, 0.05) is 13.0 Å². The number of carbonyl (C=O) groups excluding carboxylic acids is 3. The lowest BCUT2D eigenvalue weighted by atomic mass is 10.1. The SMILES string of the molecule is COc1ccc(OC[C@H](C)NC(=O)CCCN2C(=O)c3ccccc3C2=O)cc1. The lowest BCUT2D eigenvalue weighted by Gasteiger charge is -2.16. The lowest BCUT2D eigenvalue weighted by molar-refractivity contribution is -0.122. The van der Waals surface area contributed by atoms with E-state index in [1.54, 1.807) is 55.6 Å². The van der Waals surface area contributed by atoms with E-state index in [1.807, 2.05) is 6.92 Å². The Kier molecular flexibility index (Phi) is 6.49. The molecule has 3 amide bonds. The first-order valence-electron chi connectivity index (χ1n) is 9.51. The fourth-order valence-electron chi connectivity index (χ4n) is 3.12. The lowest BCUT2D eigenvalue weighted by Crippen LogP contribution is -2.37. The summed E-state index contributed by atoms with van der Waals surface area (Å²) in [5, 5.41) is 2.86. The van der Waals surface area contributed by atoms with Crippen molar-refractivity contribution >= 4 is 17.7 Å². The molecule has 1 aliphatic rings. The second-order valence-corrected chi connectivity index (χ2v) is 6.87. The molecule has 29 heavy (non-hydrogen) atoms. The number of ether oxygens (including phenoxy) is 2. The number of hydrogen-bond donors (Lipinski definition) is 1. The molecule has 0 fully saturated rings. The number of amides is 3. The van der Waals surface area contributed by atoms with Crippen molar-refractivity contribution in [1.29, 1.82) is 0 Å². The standard InChI is InChI=1S/C22H24N2O5/c1-15(14-29-17-11-9-16(28-2)10-12-17)23-20(25)8-5-13-24-21(26)18-6-3-4-7-19(18)22(24)27/h3-4,6-7,9-12,15H,5,8,13-14H2,1-2H3,(H,23,25)/t15-/m0/s1. The van der Waals surface area contributed by atoms with Gasteiger partial charge in [0.25, 0.3) is 11.8 Å². The van der Waals surface area contributed by atoms with Gasteiger partial charge in [-0.05, 0) is 49.7 Å². The topological polar surface area (TPSA) is 84.9 Å². The predicted octanol–water partition coefficient (Wildman–Crippen LogP) is 2.66. The average molecular weight is 396 g/mol. The van der Waals surface area contributed by atoms with Gasteiger partial charge in [-0.2, -0.15) is 0 Å². The van der Waals surface area contributed by atoms with Crippen LogP contribution in [-0.2, 0) is 4.79 Å². The molecule has 1 aliphatic heterocycles. The van der Waals surface area contributed by atoms with E-state index in [-0.39, 0.29) is 36.7 Å². The van der Waals surface area contributed by atoms with Crippen molar-refractivity contribution < 1.29 is 23.9 Å².